The molecule has 0 aromatic rings. The van der Waals surface area contributed by atoms with Crippen LogP contribution in [0.25, 0.3) is 0 Å². The van der Waals surface area contributed by atoms with Crippen molar-refractivity contribution in [1.82, 2.24) is 0 Å². The molecule has 2 spiro atoms. The van der Waals surface area contributed by atoms with Crippen LogP contribution in [0.15, 0.2) is 0 Å². The van der Waals surface area contributed by atoms with Gasteiger partial charge in [0, 0.05) is 0 Å². The van der Waals surface area contributed by atoms with Crippen LogP contribution in [0, 0.1) is 5.41 Å². The number of aliphatic hydroxyl groups is 2. The highest BCUT2D eigenvalue weighted by Crippen LogP contribution is 2.66. The molecule has 0 aliphatic carbocycles. The summed E-state index contributed by atoms with van der Waals surface area (Å²) in [4.78, 5) is 44.8. The molecule has 0 unspecified atom stereocenters. The van der Waals surface area contributed by atoms with Crippen LogP contribution < -0.4 is 0 Å². The number of carbonyl (C=O) groups excluding carboxylic acids is 4. The number of ether oxygens (including phenoxy) is 8. The third-order valence-corrected chi connectivity index (χ3v) is 4.16. The predicted molar refractivity (Wildman–Crippen MR) is 58.0 cm³/mol. The van der Waals surface area contributed by atoms with Gasteiger partial charge in [0.15, 0.2) is 0 Å². The lowest BCUT2D eigenvalue weighted by atomic mass is 9.77. The van der Waals surface area contributed by atoms with E-state index in [1.165, 1.54) is 0 Å². The molecule has 14 nitrogen and oxygen atoms in total. The Bertz CT molecular complexity index is 631. The van der Waals surface area contributed by atoms with Crippen LogP contribution in [0.3, 0.4) is 0 Å². The Kier molecular flexibility index (Phi) is 2.46. The molecule has 130 valence electrons. The second-order valence-corrected chi connectivity index (χ2v) is 5.79. The van der Waals surface area contributed by atoms with Crippen molar-refractivity contribution >= 4 is 40.6 Å². The van der Waals surface area contributed by atoms with Gasteiger partial charge in [-0.05, 0) is 15.9 Å². The van der Waals surface area contributed by atoms with E-state index in [0.717, 1.165) is 0 Å². The third-order valence-electron chi connectivity index (χ3n) is 3.53. The number of alkyl halides is 1. The average Bonchev–Trinajstić information content (AvgIpc) is 2.31. The van der Waals surface area contributed by atoms with Crippen molar-refractivity contribution in [2.75, 3.05) is 0 Å². The first kappa shape index (κ1) is 15.0. The molecule has 0 aromatic heterocycles. The molecule has 15 heteroatoms. The summed E-state index contributed by atoms with van der Waals surface area (Å²) in [5.74, 6) is -6.00. The number of halogens is 1. The molecule has 4 rings (SSSR count). The number of rotatable bonds is 2. The molecule has 0 aromatic carbocycles. The Morgan fingerprint density at radius 2 is 1.08 bits per heavy atom. The molecule has 0 amide bonds. The van der Waals surface area contributed by atoms with E-state index in [1.54, 1.807) is 0 Å². The first-order chi connectivity index (χ1) is 11.1. The van der Waals surface area contributed by atoms with Crippen LogP contribution in [0.1, 0.15) is 0 Å². The highest BCUT2D eigenvalue weighted by Gasteiger charge is 2.99. The molecule has 0 atom stereocenters. The largest absolute Gasteiger partial charge is 0.520 e. The number of hydrogen-bond acceptors (Lipinski definition) is 14. The smallest absolute Gasteiger partial charge is 0.392 e. The number of cyclic esters (lactones) is 2. The van der Waals surface area contributed by atoms with Crippen LogP contribution in [0.4, 0.5) is 19.2 Å². The Balaban J connectivity index is 1.92. The normalized spacial score (nSPS) is 28.3. The maximum atomic E-state index is 11.6. The van der Waals surface area contributed by atoms with E-state index in [-0.39, 0.29) is 0 Å². The molecule has 4 heterocycles. The molecule has 4 saturated heterocycles. The lowest BCUT2D eigenvalue weighted by Gasteiger charge is -2.61. The summed E-state index contributed by atoms with van der Waals surface area (Å²) >= 11 is 2.38. The van der Waals surface area contributed by atoms with Gasteiger partial charge in [-0.3, -0.25) is 0 Å². The van der Waals surface area contributed by atoms with Crippen LogP contribution in [0.5, 0.6) is 0 Å². The first-order valence-electron chi connectivity index (χ1n) is 5.82. The van der Waals surface area contributed by atoms with Gasteiger partial charge >= 0.3 is 42.0 Å². The SMILES string of the molecule is O=C1OC(C2(C(O)(O)Br)C3(OC(=O)O3)OC(=O)OC23OC(=O)O3)O1. The van der Waals surface area contributed by atoms with Crippen molar-refractivity contribution < 1.29 is 67.3 Å². The van der Waals surface area contributed by atoms with Gasteiger partial charge in [0.05, 0.1) is 0 Å². The van der Waals surface area contributed by atoms with Crippen molar-refractivity contribution in [3.05, 3.63) is 0 Å². The number of hydrogen-bond donors (Lipinski definition) is 2. The zero-order chi connectivity index (χ0) is 17.5. The van der Waals surface area contributed by atoms with Crippen molar-refractivity contribution in [3.63, 3.8) is 0 Å². The summed E-state index contributed by atoms with van der Waals surface area (Å²) in [6.45, 7) is 0. The minimum atomic E-state index is -3.34. The second-order valence-electron chi connectivity index (χ2n) is 4.69. The summed E-state index contributed by atoms with van der Waals surface area (Å²) in [7, 11) is 0. The number of carbonyl (C=O) groups is 4. The maximum absolute atomic E-state index is 11.6. The van der Waals surface area contributed by atoms with E-state index in [2.05, 4.69) is 53.8 Å². The van der Waals surface area contributed by atoms with Crippen molar-refractivity contribution in [2.45, 2.75) is 22.9 Å². The Morgan fingerprint density at radius 3 is 1.33 bits per heavy atom. The van der Waals surface area contributed by atoms with Gasteiger partial charge in [-0.25, -0.2) is 19.2 Å². The average molecular weight is 415 g/mol. The second kappa shape index (κ2) is 3.93. The topological polar surface area (TPSA) is 183 Å². The quantitative estimate of drug-likeness (QED) is 0.250. The summed E-state index contributed by atoms with van der Waals surface area (Å²) in [6.07, 6.45) is -7.87. The Morgan fingerprint density at radius 1 is 0.750 bits per heavy atom. The molecule has 4 fully saturated rings. The van der Waals surface area contributed by atoms with Crippen LogP contribution in [-0.4, -0.2) is 57.8 Å². The predicted octanol–water partition coefficient (Wildman–Crippen LogP) is -0.693. The van der Waals surface area contributed by atoms with E-state index >= 15 is 0 Å². The third kappa shape index (κ3) is 1.42. The minimum Gasteiger partial charge on any atom is -0.392 e. The van der Waals surface area contributed by atoms with Crippen molar-refractivity contribution in [1.29, 1.82) is 0 Å². The Labute approximate surface area is 137 Å². The molecule has 4 aliphatic heterocycles. The van der Waals surface area contributed by atoms with Crippen LogP contribution >= 0.6 is 15.9 Å². The van der Waals surface area contributed by atoms with Crippen LogP contribution in [0.2, 0.25) is 0 Å². The van der Waals surface area contributed by atoms with Gasteiger partial charge in [-0.2, -0.15) is 0 Å². The highest BCUT2D eigenvalue weighted by atomic mass is 79.9. The standard InChI is InChI=1S/C9H3BrO14/c10-7(15,16)6(1-17-2(11)18-1)8(19-3(12)20-8)23-5(14)24-9(6)21-4(13)22-9/h1,15-16H. The molecular formula is C9H3BrO14. The van der Waals surface area contributed by atoms with Crippen molar-refractivity contribution in [3.8, 4) is 0 Å². The van der Waals surface area contributed by atoms with Crippen LogP contribution in [-0.2, 0) is 37.9 Å². The van der Waals surface area contributed by atoms with Gasteiger partial charge in [0.2, 0.25) is 0 Å². The van der Waals surface area contributed by atoms with Gasteiger partial charge in [0.1, 0.15) is 0 Å². The monoisotopic (exact) mass is 414 g/mol. The highest BCUT2D eigenvalue weighted by molar-refractivity contribution is 9.09. The summed E-state index contributed by atoms with van der Waals surface area (Å²) in [6, 6.07) is 0. The lowest BCUT2D eigenvalue weighted by molar-refractivity contribution is -0.604. The molecule has 24 heavy (non-hydrogen) atoms. The van der Waals surface area contributed by atoms with E-state index in [1.807, 2.05) is 0 Å². The van der Waals surface area contributed by atoms with Gasteiger partial charge in [0.25, 0.3) is 11.0 Å². The molecule has 4 aliphatic rings. The van der Waals surface area contributed by atoms with E-state index in [4.69, 9.17) is 0 Å². The Hall–Kier alpha value is -2.52. The fourth-order valence-electron chi connectivity index (χ4n) is 2.64. The molecule has 2 N–H and O–H groups in total. The summed E-state index contributed by atoms with van der Waals surface area (Å²) in [5.41, 5.74) is -3.02. The molecule has 0 saturated carbocycles. The maximum Gasteiger partial charge on any atom is 0.520 e. The van der Waals surface area contributed by atoms with Crippen molar-refractivity contribution in [2.24, 2.45) is 5.41 Å². The molecule has 0 bridgehead atoms. The summed E-state index contributed by atoms with van der Waals surface area (Å²) in [5, 5.41) is 20.3. The zero-order valence-corrected chi connectivity index (χ0v) is 12.3. The minimum absolute atomic E-state index is 1.30. The lowest BCUT2D eigenvalue weighted by Crippen LogP contribution is -2.89. The van der Waals surface area contributed by atoms with E-state index in [9.17, 15) is 29.4 Å². The zero-order valence-electron chi connectivity index (χ0n) is 10.7. The fourth-order valence-corrected chi connectivity index (χ4v) is 3.31. The fraction of sp³-hybridized carbons (Fsp3) is 0.556. The van der Waals surface area contributed by atoms with Gasteiger partial charge < -0.3 is 48.1 Å². The van der Waals surface area contributed by atoms with E-state index in [0.29, 0.717) is 0 Å². The first-order valence-corrected chi connectivity index (χ1v) is 6.61. The molecule has 0 radical (unpaired) electrons. The molecular weight excluding hydrogens is 412 g/mol. The summed E-state index contributed by atoms with van der Waals surface area (Å²) < 4.78 is 33.1. The van der Waals surface area contributed by atoms with Gasteiger partial charge in [-0.1, -0.05) is 0 Å². The van der Waals surface area contributed by atoms with E-state index < -0.39 is 53.0 Å². The van der Waals surface area contributed by atoms with Gasteiger partial charge in [-0.15, -0.1) is 0 Å².